The zero-order valence-electron chi connectivity index (χ0n) is 14.4. The third-order valence-corrected chi connectivity index (χ3v) is 4.50. The molecule has 3 rings (SSSR count). The van der Waals surface area contributed by atoms with Gasteiger partial charge in [0.1, 0.15) is 5.75 Å². The van der Waals surface area contributed by atoms with Gasteiger partial charge in [-0.3, -0.25) is 0 Å². The molecule has 0 radical (unpaired) electrons. The predicted molar refractivity (Wildman–Crippen MR) is 97.6 cm³/mol. The van der Waals surface area contributed by atoms with Gasteiger partial charge in [-0.15, -0.1) is 10.2 Å². The summed E-state index contributed by atoms with van der Waals surface area (Å²) in [6.45, 7) is 4.35. The molecule has 0 unspecified atom stereocenters. The molecule has 0 N–H and O–H groups in total. The van der Waals surface area contributed by atoms with E-state index in [1.807, 2.05) is 50.2 Å². The maximum absolute atomic E-state index is 11.6. The number of ether oxygens (including phenoxy) is 1. The summed E-state index contributed by atoms with van der Waals surface area (Å²) in [5.74, 6) is -0.0895. The van der Waals surface area contributed by atoms with Crippen LogP contribution in [0.1, 0.15) is 25.3 Å². The molecule has 0 aliphatic rings. The number of benzene rings is 2. The minimum Gasteiger partial charge on any atom is -0.544 e. The Labute approximate surface area is 154 Å². The second kappa shape index (κ2) is 8.05. The maximum atomic E-state index is 11.6. The zero-order chi connectivity index (χ0) is 18.5. The highest BCUT2D eigenvalue weighted by atomic mass is 32.2. The highest BCUT2D eigenvalue weighted by Crippen LogP contribution is 2.32. The largest absolute Gasteiger partial charge is 0.544 e. The number of carbonyl (C=O) groups excluding carboxylic acids is 1. The van der Waals surface area contributed by atoms with E-state index in [1.165, 1.54) is 0 Å². The van der Waals surface area contributed by atoms with Crippen LogP contribution in [0.5, 0.6) is 5.75 Å². The molecule has 3 aromatic rings. The average molecular weight is 369 g/mol. The molecule has 0 spiro atoms. The second-order valence-corrected chi connectivity index (χ2v) is 6.34. The van der Waals surface area contributed by atoms with Crippen LogP contribution in [0.3, 0.4) is 0 Å². The number of aromatic nitrogens is 2. The van der Waals surface area contributed by atoms with E-state index in [-0.39, 0.29) is 10.1 Å². The monoisotopic (exact) mass is 369 g/mol. The van der Waals surface area contributed by atoms with Gasteiger partial charge in [0.25, 0.3) is 5.22 Å². The highest BCUT2D eigenvalue weighted by Gasteiger charge is 2.12. The van der Waals surface area contributed by atoms with E-state index in [4.69, 9.17) is 9.15 Å². The van der Waals surface area contributed by atoms with Gasteiger partial charge in [-0.2, -0.15) is 0 Å². The lowest BCUT2D eigenvalue weighted by atomic mass is 10.0. The van der Waals surface area contributed by atoms with Crippen LogP contribution >= 0.6 is 11.8 Å². The van der Waals surface area contributed by atoms with Crippen molar-refractivity contribution >= 4 is 34.6 Å². The molecule has 0 fully saturated rings. The lowest BCUT2D eigenvalue weighted by Gasteiger charge is -2.11. The van der Waals surface area contributed by atoms with Crippen molar-refractivity contribution in [2.45, 2.75) is 25.5 Å². The van der Waals surface area contributed by atoms with Crippen molar-refractivity contribution in [2.24, 2.45) is 0 Å². The first-order valence-corrected chi connectivity index (χ1v) is 9.01. The van der Waals surface area contributed by atoms with Crippen LogP contribution in [0.4, 0.5) is 0 Å². The SMILES string of the molecule is CCOc1ccc(/C=C(/Sc2nnc(CC)o2)C(=O)[O-])c2ccccc12. The number of fused-ring (bicyclic) bond motifs is 1. The third-order valence-electron chi connectivity index (χ3n) is 3.65. The van der Waals surface area contributed by atoms with Crippen LogP contribution in [0.25, 0.3) is 16.8 Å². The maximum Gasteiger partial charge on any atom is 0.281 e. The molecule has 0 saturated carbocycles. The number of aryl methyl sites for hydroxylation is 1. The Morgan fingerprint density at radius 2 is 1.96 bits per heavy atom. The van der Waals surface area contributed by atoms with E-state index in [0.717, 1.165) is 33.8 Å². The fourth-order valence-corrected chi connectivity index (χ4v) is 3.17. The standard InChI is InChI=1S/C19H18N2O4S/c1-3-17-20-21-19(25-17)26-16(18(22)23)11-12-9-10-15(24-4-2)14-8-6-5-7-13(12)14/h5-11H,3-4H2,1-2H3,(H,22,23)/p-1/b16-11+. The van der Waals surface area contributed by atoms with E-state index in [2.05, 4.69) is 10.2 Å². The van der Waals surface area contributed by atoms with Gasteiger partial charge in [0, 0.05) is 16.7 Å². The molecular formula is C19H17N2O4S-. The second-order valence-electron chi connectivity index (χ2n) is 5.34. The van der Waals surface area contributed by atoms with E-state index in [1.54, 1.807) is 6.08 Å². The van der Waals surface area contributed by atoms with Gasteiger partial charge in [0.2, 0.25) is 5.89 Å². The van der Waals surface area contributed by atoms with Crippen molar-refractivity contribution in [3.8, 4) is 5.75 Å². The van der Waals surface area contributed by atoms with Crippen LogP contribution < -0.4 is 9.84 Å². The Hall–Kier alpha value is -2.80. The zero-order valence-corrected chi connectivity index (χ0v) is 15.2. The van der Waals surface area contributed by atoms with Crippen molar-refractivity contribution in [1.29, 1.82) is 0 Å². The molecule has 0 aliphatic carbocycles. The minimum atomic E-state index is -1.30. The molecule has 7 heteroatoms. The molecule has 0 aliphatic heterocycles. The molecule has 1 aromatic heterocycles. The van der Waals surface area contributed by atoms with Crippen LogP contribution in [-0.4, -0.2) is 22.8 Å². The van der Waals surface area contributed by atoms with Crippen molar-refractivity contribution in [3.63, 3.8) is 0 Å². The number of carbonyl (C=O) groups is 1. The summed E-state index contributed by atoms with van der Waals surface area (Å²) in [6.07, 6.45) is 2.13. The fraction of sp³-hybridized carbons (Fsp3) is 0.211. The van der Waals surface area contributed by atoms with Crippen LogP contribution in [0.15, 0.2) is 50.9 Å². The first-order chi connectivity index (χ1) is 12.6. The van der Waals surface area contributed by atoms with Crippen molar-refractivity contribution in [1.82, 2.24) is 10.2 Å². The summed E-state index contributed by atoms with van der Waals surface area (Å²) in [5, 5.41) is 21.2. The smallest absolute Gasteiger partial charge is 0.281 e. The van der Waals surface area contributed by atoms with Crippen molar-refractivity contribution in [3.05, 3.63) is 52.8 Å². The van der Waals surface area contributed by atoms with E-state index < -0.39 is 5.97 Å². The molecule has 6 nitrogen and oxygen atoms in total. The molecule has 26 heavy (non-hydrogen) atoms. The summed E-state index contributed by atoms with van der Waals surface area (Å²) in [7, 11) is 0. The molecule has 0 bridgehead atoms. The van der Waals surface area contributed by atoms with E-state index >= 15 is 0 Å². The van der Waals surface area contributed by atoms with Gasteiger partial charge < -0.3 is 19.1 Å². The first kappa shape index (κ1) is 18.0. The summed E-state index contributed by atoms with van der Waals surface area (Å²) in [6, 6.07) is 11.3. The molecule has 1 heterocycles. The summed E-state index contributed by atoms with van der Waals surface area (Å²) in [4.78, 5) is 11.6. The number of aliphatic carboxylic acids is 1. The fourth-order valence-electron chi connectivity index (χ4n) is 2.49. The Morgan fingerprint density at radius 1 is 1.19 bits per heavy atom. The third kappa shape index (κ3) is 3.88. The van der Waals surface area contributed by atoms with E-state index in [0.29, 0.717) is 18.9 Å². The van der Waals surface area contributed by atoms with Crippen LogP contribution in [0, 0.1) is 0 Å². The van der Waals surface area contributed by atoms with Crippen molar-refractivity contribution in [2.75, 3.05) is 6.61 Å². The summed E-state index contributed by atoms with van der Waals surface area (Å²) >= 11 is 0.878. The Kier molecular flexibility index (Phi) is 5.58. The summed E-state index contributed by atoms with van der Waals surface area (Å²) < 4.78 is 11.0. The molecule has 0 saturated heterocycles. The van der Waals surface area contributed by atoms with Gasteiger partial charge in [-0.05, 0) is 41.8 Å². The Balaban J connectivity index is 2.02. The Morgan fingerprint density at radius 3 is 2.62 bits per heavy atom. The van der Waals surface area contributed by atoms with Gasteiger partial charge in [0.15, 0.2) is 0 Å². The number of hydrogen-bond donors (Lipinski definition) is 0. The van der Waals surface area contributed by atoms with Crippen LogP contribution in [-0.2, 0) is 11.2 Å². The number of carboxylic acids is 1. The van der Waals surface area contributed by atoms with Gasteiger partial charge in [-0.25, -0.2) is 0 Å². The topological polar surface area (TPSA) is 88.3 Å². The summed E-state index contributed by atoms with van der Waals surface area (Å²) in [5.41, 5.74) is 0.742. The number of thioether (sulfide) groups is 1. The first-order valence-electron chi connectivity index (χ1n) is 8.20. The predicted octanol–water partition coefficient (Wildman–Crippen LogP) is 3.07. The minimum absolute atomic E-state index is 0.00869. The van der Waals surface area contributed by atoms with Gasteiger partial charge in [0.05, 0.1) is 12.6 Å². The molecular weight excluding hydrogens is 352 g/mol. The van der Waals surface area contributed by atoms with Crippen molar-refractivity contribution < 1.29 is 19.1 Å². The molecule has 0 atom stereocenters. The number of nitrogens with zero attached hydrogens (tertiary/aromatic N) is 2. The molecule has 2 aromatic carbocycles. The quantitative estimate of drug-likeness (QED) is 0.467. The number of hydrogen-bond acceptors (Lipinski definition) is 7. The Bertz CT molecular complexity index is 965. The van der Waals surface area contributed by atoms with E-state index in [9.17, 15) is 9.90 Å². The lowest BCUT2D eigenvalue weighted by molar-refractivity contribution is -0.298. The average Bonchev–Trinajstić information content (AvgIpc) is 3.11. The number of rotatable bonds is 7. The normalized spacial score (nSPS) is 11.7. The molecule has 134 valence electrons. The van der Waals surface area contributed by atoms with Gasteiger partial charge in [-0.1, -0.05) is 37.3 Å². The lowest BCUT2D eigenvalue weighted by Crippen LogP contribution is -2.23. The highest BCUT2D eigenvalue weighted by molar-refractivity contribution is 8.03. The number of carboxylic acid groups (broad SMARTS) is 1. The molecule has 0 amide bonds. The van der Waals surface area contributed by atoms with Crippen LogP contribution in [0.2, 0.25) is 0 Å². The van der Waals surface area contributed by atoms with Gasteiger partial charge >= 0.3 is 0 Å².